The average Bonchev–Trinajstić information content (AvgIpc) is 3.17. The Morgan fingerprint density at radius 1 is 1.11 bits per heavy atom. The van der Waals surface area contributed by atoms with E-state index >= 15 is 0 Å². The lowest BCUT2D eigenvalue weighted by atomic mass is 9.45. The molecule has 4 saturated carbocycles. The minimum Gasteiger partial charge on any atom is -0.294 e. The molecule has 1 heterocycles. The first-order chi connectivity index (χ1) is 12.9. The summed E-state index contributed by atoms with van der Waals surface area (Å²) in [5.74, 6) is 3.53. The van der Waals surface area contributed by atoms with Gasteiger partial charge in [-0.3, -0.25) is 9.48 Å². The highest BCUT2D eigenvalue weighted by Gasteiger charge is 2.60. The van der Waals surface area contributed by atoms with Crippen LogP contribution in [0.2, 0.25) is 0 Å². The normalized spacial score (nSPS) is 45.4. The predicted molar refractivity (Wildman–Crippen MR) is 108 cm³/mol. The molecule has 0 saturated heterocycles. The fourth-order valence-electron chi connectivity index (χ4n) is 7.80. The van der Waals surface area contributed by atoms with Gasteiger partial charge < -0.3 is 0 Å². The molecule has 1 aromatic rings. The molecule has 0 spiro atoms. The number of aryl methyl sites for hydroxylation is 1. The van der Waals surface area contributed by atoms with Crippen molar-refractivity contribution in [2.24, 2.45) is 41.5 Å². The molecule has 0 amide bonds. The molecule has 4 aliphatic carbocycles. The Bertz CT molecular complexity index is 792. The number of carbonyl (C=O) groups excluding carboxylic acids is 1. The van der Waals surface area contributed by atoms with Crippen LogP contribution in [-0.4, -0.2) is 15.6 Å². The van der Waals surface area contributed by atoms with Gasteiger partial charge in [0.15, 0.2) is 5.78 Å². The highest BCUT2D eigenvalue weighted by molar-refractivity contribution is 6.05. The molecule has 6 atom stereocenters. The average molecular weight is 367 g/mol. The van der Waals surface area contributed by atoms with E-state index in [4.69, 9.17) is 0 Å². The molecule has 1 aromatic heterocycles. The third-order valence-corrected chi connectivity index (χ3v) is 9.40. The molecule has 0 bridgehead atoms. The number of fused-ring (bicyclic) bond motifs is 5. The Kier molecular flexibility index (Phi) is 3.97. The van der Waals surface area contributed by atoms with Crippen molar-refractivity contribution in [2.45, 2.75) is 71.6 Å². The molecule has 3 heteroatoms. The van der Waals surface area contributed by atoms with E-state index in [2.05, 4.69) is 25.0 Å². The van der Waals surface area contributed by atoms with Crippen molar-refractivity contribution in [2.75, 3.05) is 0 Å². The first-order valence-corrected chi connectivity index (χ1v) is 11.2. The molecule has 0 aromatic carbocycles. The molecule has 27 heavy (non-hydrogen) atoms. The van der Waals surface area contributed by atoms with Crippen molar-refractivity contribution >= 4 is 11.9 Å². The van der Waals surface area contributed by atoms with Crippen LogP contribution in [0.4, 0.5) is 0 Å². The standard InChI is InChI=1S/C24H34N2O/c1-23-11-5-4-6-17(23)7-8-19-20(23)9-12-24(2)21(19)15-16(22(24)27)14-18-10-13-25-26(18)3/h10,13-14,17,19-21H,4-9,11-12,15H2,1-3H3/b16-14+/t17-,19+,20-,21-,23+,24-/m1/s1. The van der Waals surface area contributed by atoms with Crippen LogP contribution in [-0.2, 0) is 11.8 Å². The topological polar surface area (TPSA) is 34.9 Å². The van der Waals surface area contributed by atoms with Crippen molar-refractivity contribution in [1.82, 2.24) is 9.78 Å². The highest BCUT2D eigenvalue weighted by atomic mass is 16.1. The molecular weight excluding hydrogens is 332 g/mol. The van der Waals surface area contributed by atoms with Crippen LogP contribution in [0.1, 0.15) is 77.3 Å². The van der Waals surface area contributed by atoms with Crippen molar-refractivity contribution in [1.29, 1.82) is 0 Å². The van der Waals surface area contributed by atoms with Crippen LogP contribution < -0.4 is 0 Å². The van der Waals surface area contributed by atoms with Crippen LogP contribution in [0, 0.1) is 34.5 Å². The molecule has 146 valence electrons. The Labute approximate surface area is 163 Å². The van der Waals surface area contributed by atoms with Gasteiger partial charge in [-0.1, -0.05) is 26.7 Å². The summed E-state index contributed by atoms with van der Waals surface area (Å²) >= 11 is 0. The lowest BCUT2D eigenvalue weighted by Gasteiger charge is -2.59. The van der Waals surface area contributed by atoms with E-state index in [1.54, 1.807) is 0 Å². The molecule has 0 radical (unpaired) electrons. The maximum Gasteiger partial charge on any atom is 0.165 e. The quantitative estimate of drug-likeness (QED) is 0.622. The van der Waals surface area contributed by atoms with Gasteiger partial charge in [-0.2, -0.15) is 5.10 Å². The minimum atomic E-state index is -0.122. The van der Waals surface area contributed by atoms with Crippen LogP contribution in [0.5, 0.6) is 0 Å². The zero-order valence-corrected chi connectivity index (χ0v) is 17.2. The summed E-state index contributed by atoms with van der Waals surface area (Å²) in [7, 11) is 1.96. The van der Waals surface area contributed by atoms with E-state index in [-0.39, 0.29) is 5.41 Å². The summed E-state index contributed by atoms with van der Waals surface area (Å²) in [4.78, 5) is 13.4. The molecular formula is C24H34N2O. The van der Waals surface area contributed by atoms with Crippen molar-refractivity contribution in [3.63, 3.8) is 0 Å². The van der Waals surface area contributed by atoms with E-state index in [0.29, 0.717) is 17.1 Å². The maximum absolute atomic E-state index is 13.4. The number of aromatic nitrogens is 2. The molecule has 4 fully saturated rings. The number of Topliss-reactive ketones (excluding diaryl/α,β-unsaturated/α-hetero) is 1. The van der Waals surface area contributed by atoms with E-state index in [1.165, 1.54) is 44.9 Å². The first kappa shape index (κ1) is 17.7. The van der Waals surface area contributed by atoms with Gasteiger partial charge in [0.2, 0.25) is 0 Å². The number of hydrogen-bond donors (Lipinski definition) is 0. The molecule has 4 aliphatic rings. The summed E-state index contributed by atoms with van der Waals surface area (Å²) < 4.78 is 1.88. The largest absolute Gasteiger partial charge is 0.294 e. The monoisotopic (exact) mass is 366 g/mol. The fraction of sp³-hybridized carbons (Fsp3) is 0.750. The second kappa shape index (κ2) is 6.06. The van der Waals surface area contributed by atoms with Crippen molar-refractivity contribution < 1.29 is 4.79 Å². The van der Waals surface area contributed by atoms with Gasteiger partial charge in [-0.15, -0.1) is 0 Å². The molecule has 3 nitrogen and oxygen atoms in total. The summed E-state index contributed by atoms with van der Waals surface area (Å²) in [5, 5.41) is 4.27. The predicted octanol–water partition coefficient (Wildman–Crippen LogP) is 5.42. The second-order valence-electron chi connectivity index (χ2n) is 10.4. The van der Waals surface area contributed by atoms with Crippen LogP contribution >= 0.6 is 0 Å². The lowest BCUT2D eigenvalue weighted by Crippen LogP contribution is -2.52. The SMILES string of the molecule is Cn1nccc1/C=C1\C[C@@H]2[C@H]3CC[C@H]4CCCC[C@]4(C)[C@@H]3CC[C@@]2(C)C1=O. The van der Waals surface area contributed by atoms with E-state index in [1.807, 2.05) is 24.0 Å². The maximum atomic E-state index is 13.4. The first-order valence-electron chi connectivity index (χ1n) is 11.2. The van der Waals surface area contributed by atoms with E-state index in [0.717, 1.165) is 41.9 Å². The number of carbonyl (C=O) groups is 1. The van der Waals surface area contributed by atoms with Crippen molar-refractivity contribution in [3.05, 3.63) is 23.5 Å². The van der Waals surface area contributed by atoms with Gasteiger partial charge in [-0.05, 0) is 91.7 Å². The zero-order chi connectivity index (χ0) is 18.8. The Balaban J connectivity index is 1.48. The summed E-state index contributed by atoms with van der Waals surface area (Å²) in [6.45, 7) is 4.90. The minimum absolute atomic E-state index is 0.122. The summed E-state index contributed by atoms with van der Waals surface area (Å²) in [6, 6.07) is 2.02. The Hall–Kier alpha value is -1.38. The smallest absolute Gasteiger partial charge is 0.165 e. The van der Waals surface area contributed by atoms with Crippen LogP contribution in [0.25, 0.3) is 6.08 Å². The second-order valence-corrected chi connectivity index (χ2v) is 10.4. The van der Waals surface area contributed by atoms with Gasteiger partial charge >= 0.3 is 0 Å². The number of nitrogens with zero attached hydrogens (tertiary/aromatic N) is 2. The van der Waals surface area contributed by atoms with Crippen LogP contribution in [0.3, 0.4) is 0 Å². The van der Waals surface area contributed by atoms with Crippen molar-refractivity contribution in [3.8, 4) is 0 Å². The van der Waals surface area contributed by atoms with Gasteiger partial charge in [0, 0.05) is 18.7 Å². The number of rotatable bonds is 1. The van der Waals surface area contributed by atoms with Gasteiger partial charge in [0.25, 0.3) is 0 Å². The highest BCUT2D eigenvalue weighted by Crippen LogP contribution is 2.66. The third kappa shape index (κ3) is 2.46. The lowest BCUT2D eigenvalue weighted by molar-refractivity contribution is -0.137. The molecule has 5 rings (SSSR count). The Morgan fingerprint density at radius 2 is 1.96 bits per heavy atom. The number of hydrogen-bond acceptors (Lipinski definition) is 2. The zero-order valence-electron chi connectivity index (χ0n) is 17.2. The summed E-state index contributed by atoms with van der Waals surface area (Å²) in [6.07, 6.45) is 15.8. The molecule has 0 N–H and O–H groups in total. The summed E-state index contributed by atoms with van der Waals surface area (Å²) in [5.41, 5.74) is 2.53. The van der Waals surface area contributed by atoms with E-state index in [9.17, 15) is 4.79 Å². The van der Waals surface area contributed by atoms with Gasteiger partial charge in [-0.25, -0.2) is 0 Å². The third-order valence-electron chi connectivity index (χ3n) is 9.40. The molecule has 0 aliphatic heterocycles. The number of allylic oxidation sites excluding steroid dienone is 1. The van der Waals surface area contributed by atoms with Crippen LogP contribution in [0.15, 0.2) is 17.8 Å². The fourth-order valence-corrected chi connectivity index (χ4v) is 7.80. The molecule has 0 unspecified atom stereocenters. The number of ketones is 1. The van der Waals surface area contributed by atoms with E-state index < -0.39 is 0 Å². The van der Waals surface area contributed by atoms with Gasteiger partial charge in [0.1, 0.15) is 0 Å². The van der Waals surface area contributed by atoms with Gasteiger partial charge in [0.05, 0.1) is 5.69 Å². The Morgan fingerprint density at radius 3 is 2.74 bits per heavy atom.